The number of carboxylic acid groups (broad SMARTS) is 1. The molecule has 0 saturated carbocycles. The second-order valence-corrected chi connectivity index (χ2v) is 3.94. The molecular weight excluding hydrogens is 234 g/mol. The van der Waals surface area contributed by atoms with Gasteiger partial charge < -0.3 is 14.4 Å². The number of benzene rings is 1. The molecule has 0 aliphatic rings. The summed E-state index contributed by atoms with van der Waals surface area (Å²) in [5.41, 5.74) is 1.23. The van der Waals surface area contributed by atoms with E-state index >= 15 is 0 Å². The van der Waals surface area contributed by atoms with Crippen LogP contribution in [0.1, 0.15) is 10.4 Å². The molecule has 2 rings (SSSR count). The Balaban J connectivity index is 2.53. The number of hydrogen-bond donors (Lipinski definition) is 1. The summed E-state index contributed by atoms with van der Waals surface area (Å²) in [5, 5.41) is 9.60. The molecule has 1 aromatic carbocycles. The molecule has 0 bridgehead atoms. The third kappa shape index (κ3) is 2.26. The number of carbonyl (C=O) groups excluding carboxylic acids is 1. The first kappa shape index (κ1) is 12.3. The summed E-state index contributed by atoms with van der Waals surface area (Å²) in [4.78, 5) is 22.7. The van der Waals surface area contributed by atoms with Gasteiger partial charge in [-0.3, -0.25) is 9.59 Å². The van der Waals surface area contributed by atoms with E-state index in [1.165, 1.54) is 7.11 Å². The van der Waals surface area contributed by atoms with Crippen molar-refractivity contribution in [2.75, 3.05) is 13.7 Å². The molecule has 2 aromatic rings. The summed E-state index contributed by atoms with van der Waals surface area (Å²) in [5.74, 6) is -1.10. The van der Waals surface area contributed by atoms with Crippen LogP contribution >= 0.6 is 0 Å². The van der Waals surface area contributed by atoms with Crippen molar-refractivity contribution in [3.05, 3.63) is 36.0 Å². The third-order valence-corrected chi connectivity index (χ3v) is 2.67. The number of ketones is 1. The molecule has 18 heavy (non-hydrogen) atoms. The quantitative estimate of drug-likeness (QED) is 0.814. The van der Waals surface area contributed by atoms with Crippen LogP contribution in [0, 0.1) is 0 Å². The fourth-order valence-corrected chi connectivity index (χ4v) is 1.95. The monoisotopic (exact) mass is 247 g/mol. The highest BCUT2D eigenvalue weighted by Crippen LogP contribution is 2.21. The Labute approximate surface area is 104 Å². The lowest BCUT2D eigenvalue weighted by molar-refractivity contribution is -0.137. The Morgan fingerprint density at radius 3 is 2.72 bits per heavy atom. The maximum absolute atomic E-state index is 11.9. The minimum Gasteiger partial charge on any atom is -0.480 e. The number of rotatable bonds is 5. The van der Waals surface area contributed by atoms with E-state index in [2.05, 4.69) is 0 Å². The van der Waals surface area contributed by atoms with Gasteiger partial charge in [0, 0.05) is 29.8 Å². The number of fused-ring (bicyclic) bond motifs is 1. The first-order valence-electron chi connectivity index (χ1n) is 5.45. The van der Waals surface area contributed by atoms with Crippen LogP contribution in [0.4, 0.5) is 0 Å². The van der Waals surface area contributed by atoms with Gasteiger partial charge in [-0.1, -0.05) is 18.2 Å². The lowest BCUT2D eigenvalue weighted by Gasteiger charge is -1.99. The fraction of sp³-hybridized carbons (Fsp3) is 0.231. The number of nitrogens with zero attached hydrogens (tertiary/aromatic N) is 1. The Hall–Kier alpha value is -2.14. The summed E-state index contributed by atoms with van der Waals surface area (Å²) < 4.78 is 6.38. The van der Waals surface area contributed by atoms with Gasteiger partial charge in [-0.2, -0.15) is 0 Å². The van der Waals surface area contributed by atoms with Crippen LogP contribution in [-0.4, -0.2) is 35.1 Å². The van der Waals surface area contributed by atoms with Crippen LogP contribution in [0.5, 0.6) is 0 Å². The lowest BCUT2D eigenvalue weighted by atomic mass is 10.1. The number of carboxylic acids is 1. The Morgan fingerprint density at radius 1 is 1.33 bits per heavy atom. The summed E-state index contributed by atoms with van der Waals surface area (Å²) in [6.45, 7) is -0.179. The van der Waals surface area contributed by atoms with Crippen LogP contribution < -0.4 is 0 Å². The molecular formula is C13H13NO4. The third-order valence-electron chi connectivity index (χ3n) is 2.67. The van der Waals surface area contributed by atoms with Crippen molar-refractivity contribution in [1.82, 2.24) is 4.57 Å². The number of aromatic nitrogens is 1. The van der Waals surface area contributed by atoms with Gasteiger partial charge in [0.15, 0.2) is 5.78 Å². The second-order valence-electron chi connectivity index (χ2n) is 3.94. The predicted octanol–water partition coefficient (Wildman–Crippen LogP) is 1.56. The van der Waals surface area contributed by atoms with E-state index in [4.69, 9.17) is 9.84 Å². The largest absolute Gasteiger partial charge is 0.480 e. The van der Waals surface area contributed by atoms with Crippen LogP contribution in [0.25, 0.3) is 10.9 Å². The van der Waals surface area contributed by atoms with E-state index in [0.717, 1.165) is 10.9 Å². The molecule has 5 nitrogen and oxygen atoms in total. The molecule has 0 radical (unpaired) electrons. The van der Waals surface area contributed by atoms with Crippen LogP contribution in [0.2, 0.25) is 0 Å². The minimum absolute atomic E-state index is 0.0128. The molecule has 0 amide bonds. The van der Waals surface area contributed by atoms with E-state index in [9.17, 15) is 9.59 Å². The van der Waals surface area contributed by atoms with Crippen LogP contribution in [-0.2, 0) is 16.1 Å². The molecule has 1 N–H and O–H groups in total. The summed E-state index contributed by atoms with van der Waals surface area (Å²) in [7, 11) is 1.45. The molecule has 0 atom stereocenters. The highest BCUT2D eigenvalue weighted by atomic mass is 16.5. The maximum atomic E-state index is 11.9. The SMILES string of the molecule is COCC(=O)c1cn(CC(=O)O)c2ccccc12. The van der Waals surface area contributed by atoms with Crippen molar-refractivity contribution in [3.63, 3.8) is 0 Å². The standard InChI is InChI=1S/C13H13NO4/c1-18-8-12(15)10-6-14(7-13(16)17)11-5-3-2-4-9(10)11/h2-6H,7-8H2,1H3,(H,16,17). The van der Waals surface area contributed by atoms with Crippen molar-refractivity contribution in [2.45, 2.75) is 6.54 Å². The topological polar surface area (TPSA) is 68.5 Å². The molecule has 5 heteroatoms. The van der Waals surface area contributed by atoms with Gasteiger partial charge in [0.25, 0.3) is 0 Å². The molecule has 94 valence electrons. The number of carbonyl (C=O) groups is 2. The Morgan fingerprint density at radius 2 is 2.06 bits per heavy atom. The van der Waals surface area contributed by atoms with Gasteiger partial charge in [-0.25, -0.2) is 0 Å². The number of methoxy groups -OCH3 is 1. The molecule has 0 saturated heterocycles. The zero-order valence-electron chi connectivity index (χ0n) is 9.92. The zero-order chi connectivity index (χ0) is 13.1. The number of aliphatic carboxylic acids is 1. The minimum atomic E-state index is -0.943. The molecule has 0 aliphatic carbocycles. The molecule has 0 fully saturated rings. The normalized spacial score (nSPS) is 10.7. The van der Waals surface area contributed by atoms with Crippen LogP contribution in [0.3, 0.4) is 0 Å². The Kier molecular flexibility index (Phi) is 3.43. The molecule has 1 aromatic heterocycles. The van der Waals surface area contributed by atoms with E-state index < -0.39 is 5.97 Å². The van der Waals surface area contributed by atoms with Gasteiger partial charge in [-0.15, -0.1) is 0 Å². The van der Waals surface area contributed by atoms with E-state index in [0.29, 0.717) is 5.56 Å². The van der Waals surface area contributed by atoms with Gasteiger partial charge >= 0.3 is 5.97 Å². The molecule has 0 unspecified atom stereocenters. The molecule has 0 aliphatic heterocycles. The van der Waals surface area contributed by atoms with Gasteiger partial charge in [-0.05, 0) is 6.07 Å². The first-order valence-corrected chi connectivity index (χ1v) is 5.45. The highest BCUT2D eigenvalue weighted by Gasteiger charge is 2.15. The van der Waals surface area contributed by atoms with E-state index in [1.54, 1.807) is 22.9 Å². The zero-order valence-corrected chi connectivity index (χ0v) is 9.92. The van der Waals surface area contributed by atoms with Gasteiger partial charge in [0.2, 0.25) is 0 Å². The first-order chi connectivity index (χ1) is 8.63. The van der Waals surface area contributed by atoms with Crippen molar-refractivity contribution >= 4 is 22.7 Å². The highest BCUT2D eigenvalue weighted by molar-refractivity contribution is 6.08. The van der Waals surface area contributed by atoms with Crippen LogP contribution in [0.15, 0.2) is 30.5 Å². The Bertz CT molecular complexity index is 600. The van der Waals surface area contributed by atoms with Crippen molar-refractivity contribution in [3.8, 4) is 0 Å². The summed E-state index contributed by atoms with van der Waals surface area (Å²) in [6.07, 6.45) is 1.57. The van der Waals surface area contributed by atoms with Gasteiger partial charge in [0.05, 0.1) is 0 Å². The number of Topliss-reactive ketones (excluding diaryl/α,β-unsaturated/α-hetero) is 1. The number of hydrogen-bond acceptors (Lipinski definition) is 3. The molecule has 0 spiro atoms. The lowest BCUT2D eigenvalue weighted by Crippen LogP contribution is -2.08. The maximum Gasteiger partial charge on any atom is 0.323 e. The second kappa shape index (κ2) is 5.01. The van der Waals surface area contributed by atoms with Crippen molar-refractivity contribution < 1.29 is 19.4 Å². The average Bonchev–Trinajstić information content (AvgIpc) is 2.68. The molecule has 1 heterocycles. The van der Waals surface area contributed by atoms with E-state index in [-0.39, 0.29) is 18.9 Å². The fourth-order valence-electron chi connectivity index (χ4n) is 1.95. The van der Waals surface area contributed by atoms with Gasteiger partial charge in [0.1, 0.15) is 13.2 Å². The number of ether oxygens (including phenoxy) is 1. The predicted molar refractivity (Wildman–Crippen MR) is 65.8 cm³/mol. The summed E-state index contributed by atoms with van der Waals surface area (Å²) in [6, 6.07) is 7.22. The smallest absolute Gasteiger partial charge is 0.323 e. The number of para-hydroxylation sites is 1. The van der Waals surface area contributed by atoms with Crippen molar-refractivity contribution in [2.24, 2.45) is 0 Å². The summed E-state index contributed by atoms with van der Waals surface area (Å²) >= 11 is 0. The van der Waals surface area contributed by atoms with E-state index in [1.807, 2.05) is 12.1 Å². The van der Waals surface area contributed by atoms with Crippen molar-refractivity contribution in [1.29, 1.82) is 0 Å². The average molecular weight is 247 g/mol.